The van der Waals surface area contributed by atoms with E-state index in [0.29, 0.717) is 6.04 Å². The second-order valence-corrected chi connectivity index (χ2v) is 6.58. The molecule has 1 aromatic rings. The summed E-state index contributed by atoms with van der Waals surface area (Å²) in [5.41, 5.74) is 2.55. The minimum absolute atomic E-state index is 0.147. The molecule has 0 saturated heterocycles. The summed E-state index contributed by atoms with van der Waals surface area (Å²) in [6.07, 6.45) is 3.18. The molecule has 114 valence electrons. The lowest BCUT2D eigenvalue weighted by atomic mass is 10.1. The fourth-order valence-corrected chi connectivity index (χ4v) is 2.07. The molecule has 1 unspecified atom stereocenters. The summed E-state index contributed by atoms with van der Waals surface area (Å²) >= 11 is 0. The van der Waals surface area contributed by atoms with E-state index in [0.717, 1.165) is 25.3 Å². The first-order chi connectivity index (χ1) is 9.35. The maximum atomic E-state index is 4.60. The van der Waals surface area contributed by atoms with Gasteiger partial charge in [0.2, 0.25) is 0 Å². The van der Waals surface area contributed by atoms with Crippen molar-refractivity contribution in [2.24, 2.45) is 0 Å². The molecule has 0 fully saturated rings. The summed E-state index contributed by atoms with van der Waals surface area (Å²) in [6, 6.07) is 4.96. The highest BCUT2D eigenvalue weighted by Crippen LogP contribution is 2.10. The molecule has 3 heteroatoms. The maximum absolute atomic E-state index is 4.60. The molecule has 3 nitrogen and oxygen atoms in total. The predicted octanol–water partition coefficient (Wildman–Crippen LogP) is 3.59. The summed E-state index contributed by atoms with van der Waals surface area (Å²) in [6.45, 7) is 16.2. The van der Waals surface area contributed by atoms with Crippen molar-refractivity contribution >= 4 is 0 Å². The van der Waals surface area contributed by atoms with Crippen LogP contribution in [0.25, 0.3) is 0 Å². The zero-order chi connectivity index (χ0) is 15.2. The van der Waals surface area contributed by atoms with Crippen LogP contribution in [0.1, 0.15) is 59.2 Å². The van der Waals surface area contributed by atoms with E-state index in [2.05, 4.69) is 68.9 Å². The third-order valence-corrected chi connectivity index (χ3v) is 3.69. The van der Waals surface area contributed by atoms with E-state index >= 15 is 0 Å². The second-order valence-electron chi connectivity index (χ2n) is 6.58. The van der Waals surface area contributed by atoms with Gasteiger partial charge in [-0.1, -0.05) is 19.9 Å². The zero-order valence-electron chi connectivity index (χ0n) is 14.0. The Kier molecular flexibility index (Phi) is 6.63. The lowest BCUT2D eigenvalue weighted by Crippen LogP contribution is -2.35. The van der Waals surface area contributed by atoms with Crippen LogP contribution in [0, 0.1) is 0 Å². The van der Waals surface area contributed by atoms with Gasteiger partial charge in [-0.3, -0.25) is 9.88 Å². The minimum Gasteiger partial charge on any atom is -0.308 e. The number of hydrogen-bond acceptors (Lipinski definition) is 3. The normalized spacial score (nSPS) is 13.8. The van der Waals surface area contributed by atoms with Gasteiger partial charge in [0.1, 0.15) is 0 Å². The summed E-state index contributed by atoms with van der Waals surface area (Å²) in [5, 5.41) is 3.49. The van der Waals surface area contributed by atoms with E-state index in [1.807, 2.05) is 6.20 Å². The van der Waals surface area contributed by atoms with Gasteiger partial charge in [-0.2, -0.15) is 0 Å². The molecule has 1 rings (SSSR count). The summed E-state index contributed by atoms with van der Waals surface area (Å²) in [5.74, 6) is 0. The van der Waals surface area contributed by atoms with Crippen molar-refractivity contribution in [3.63, 3.8) is 0 Å². The molecule has 0 bridgehead atoms. The van der Waals surface area contributed by atoms with Gasteiger partial charge >= 0.3 is 0 Å². The average Bonchev–Trinajstić information content (AvgIpc) is 2.42. The van der Waals surface area contributed by atoms with Crippen LogP contribution in [0.15, 0.2) is 18.3 Å². The van der Waals surface area contributed by atoms with Crippen LogP contribution < -0.4 is 5.32 Å². The monoisotopic (exact) mass is 277 g/mol. The lowest BCUT2D eigenvalue weighted by Gasteiger charge is -2.26. The molecule has 0 aliphatic carbocycles. The highest BCUT2D eigenvalue weighted by Gasteiger charge is 2.11. The highest BCUT2D eigenvalue weighted by atomic mass is 15.1. The van der Waals surface area contributed by atoms with Crippen molar-refractivity contribution in [3.8, 4) is 0 Å². The molecule has 0 aliphatic heterocycles. The maximum Gasteiger partial charge on any atom is 0.0544 e. The molecular formula is C17H31N3. The smallest absolute Gasteiger partial charge is 0.0544 e. The van der Waals surface area contributed by atoms with Crippen LogP contribution in [0.3, 0.4) is 0 Å². The Balaban J connectivity index is 2.57. The van der Waals surface area contributed by atoms with Gasteiger partial charge in [0.15, 0.2) is 0 Å². The first-order valence-electron chi connectivity index (χ1n) is 7.78. The third-order valence-electron chi connectivity index (χ3n) is 3.69. The van der Waals surface area contributed by atoms with E-state index in [1.54, 1.807) is 0 Å². The first kappa shape index (κ1) is 17.1. The lowest BCUT2D eigenvalue weighted by molar-refractivity contribution is 0.203. The Morgan fingerprint density at radius 2 is 1.95 bits per heavy atom. The van der Waals surface area contributed by atoms with Gasteiger partial charge in [-0.05, 0) is 52.3 Å². The van der Waals surface area contributed by atoms with Gasteiger partial charge in [0.05, 0.1) is 5.69 Å². The highest BCUT2D eigenvalue weighted by molar-refractivity contribution is 5.14. The van der Waals surface area contributed by atoms with Crippen molar-refractivity contribution in [1.29, 1.82) is 0 Å². The molecule has 1 aromatic heterocycles. The van der Waals surface area contributed by atoms with E-state index in [-0.39, 0.29) is 5.54 Å². The zero-order valence-corrected chi connectivity index (χ0v) is 14.0. The summed E-state index contributed by atoms with van der Waals surface area (Å²) < 4.78 is 0. The number of rotatable bonds is 7. The molecule has 0 aliphatic rings. The van der Waals surface area contributed by atoms with E-state index in [9.17, 15) is 0 Å². The Hall–Kier alpha value is -0.930. The molecule has 0 spiro atoms. The predicted molar refractivity (Wildman–Crippen MR) is 86.7 cm³/mol. The van der Waals surface area contributed by atoms with Crippen LogP contribution in [0.5, 0.6) is 0 Å². The van der Waals surface area contributed by atoms with Gasteiger partial charge in [-0.25, -0.2) is 0 Å². The number of nitrogens with zero attached hydrogens (tertiary/aromatic N) is 2. The van der Waals surface area contributed by atoms with Gasteiger partial charge < -0.3 is 5.32 Å². The van der Waals surface area contributed by atoms with Gasteiger partial charge in [0, 0.05) is 30.9 Å². The van der Waals surface area contributed by atoms with Crippen LogP contribution in [0.2, 0.25) is 0 Å². The van der Waals surface area contributed by atoms with Crippen molar-refractivity contribution in [1.82, 2.24) is 15.2 Å². The molecular weight excluding hydrogens is 246 g/mol. The Bertz CT molecular complexity index is 378. The molecule has 0 amide bonds. The third kappa shape index (κ3) is 6.02. The number of nitrogens with one attached hydrogen (secondary N) is 1. The number of aromatic nitrogens is 1. The van der Waals surface area contributed by atoms with Crippen molar-refractivity contribution < 1.29 is 0 Å². The molecule has 0 aromatic carbocycles. The van der Waals surface area contributed by atoms with Crippen molar-refractivity contribution in [2.75, 3.05) is 6.54 Å². The fourth-order valence-electron chi connectivity index (χ4n) is 2.07. The number of pyridine rings is 1. The molecule has 1 heterocycles. The topological polar surface area (TPSA) is 28.2 Å². The largest absolute Gasteiger partial charge is 0.308 e. The molecule has 0 radical (unpaired) electrons. The Labute approximate surface area is 124 Å². The number of hydrogen-bond donors (Lipinski definition) is 1. The Morgan fingerprint density at radius 1 is 1.25 bits per heavy atom. The summed E-state index contributed by atoms with van der Waals surface area (Å²) in [7, 11) is 0. The minimum atomic E-state index is 0.147. The van der Waals surface area contributed by atoms with E-state index < -0.39 is 0 Å². The van der Waals surface area contributed by atoms with Crippen molar-refractivity contribution in [2.45, 2.75) is 72.6 Å². The average molecular weight is 277 g/mol. The quantitative estimate of drug-likeness (QED) is 0.825. The molecule has 1 atom stereocenters. The van der Waals surface area contributed by atoms with Gasteiger partial charge in [-0.15, -0.1) is 0 Å². The van der Waals surface area contributed by atoms with Crippen LogP contribution in [-0.2, 0) is 13.1 Å². The molecule has 0 saturated carbocycles. The summed E-state index contributed by atoms with van der Waals surface area (Å²) in [4.78, 5) is 7.07. The SMILES string of the molecule is CCC(C)N(CC)Cc1ccc(CNC(C)(C)C)cn1. The standard InChI is InChI=1S/C17H31N3/c1-7-14(3)20(8-2)13-16-10-9-15(11-18-16)12-19-17(4,5)6/h9-11,14,19H,7-8,12-13H2,1-6H3. The van der Waals surface area contributed by atoms with E-state index in [4.69, 9.17) is 0 Å². The van der Waals surface area contributed by atoms with Crippen LogP contribution >= 0.6 is 0 Å². The van der Waals surface area contributed by atoms with Crippen LogP contribution in [0.4, 0.5) is 0 Å². The second kappa shape index (κ2) is 7.75. The molecule has 1 N–H and O–H groups in total. The van der Waals surface area contributed by atoms with Gasteiger partial charge in [0.25, 0.3) is 0 Å². The molecule has 20 heavy (non-hydrogen) atoms. The van der Waals surface area contributed by atoms with Crippen LogP contribution in [-0.4, -0.2) is 28.0 Å². The first-order valence-corrected chi connectivity index (χ1v) is 7.78. The van der Waals surface area contributed by atoms with Crippen molar-refractivity contribution in [3.05, 3.63) is 29.6 Å². The fraction of sp³-hybridized carbons (Fsp3) is 0.706. The Morgan fingerprint density at radius 3 is 2.40 bits per heavy atom. The van der Waals surface area contributed by atoms with E-state index in [1.165, 1.54) is 12.0 Å².